The van der Waals surface area contributed by atoms with E-state index in [2.05, 4.69) is 19.9 Å². The number of esters is 2. The van der Waals surface area contributed by atoms with Crippen LogP contribution in [0, 0.1) is 0 Å². The van der Waals surface area contributed by atoms with Gasteiger partial charge in [-0.3, -0.25) is 18.6 Å². The minimum absolute atomic E-state index is 0.00804. The Bertz CT molecular complexity index is 1200. The average Bonchev–Trinajstić information content (AvgIpc) is 3.19. The molecule has 1 unspecified atom stereocenters. The Morgan fingerprint density at radius 3 is 1.65 bits per heavy atom. The highest BCUT2D eigenvalue weighted by Crippen LogP contribution is 2.43. The van der Waals surface area contributed by atoms with E-state index in [1.54, 1.807) is 36.5 Å². The number of allylic oxidation sites excluding steroid dienone is 5. The highest BCUT2D eigenvalue weighted by Gasteiger charge is 2.27. The van der Waals surface area contributed by atoms with Crippen molar-refractivity contribution in [3.05, 3.63) is 48.6 Å². The molecule has 4 atom stereocenters. The van der Waals surface area contributed by atoms with Crippen LogP contribution < -0.4 is 0 Å². The fraction of sp³-hybridized carbons (Fsp3) is 0.792. The summed E-state index contributed by atoms with van der Waals surface area (Å²) < 4.78 is 34.2. The number of carbonyl (C=O) groups is 2. The van der Waals surface area contributed by atoms with E-state index < -0.39 is 44.7 Å². The van der Waals surface area contributed by atoms with Crippen LogP contribution in [0.25, 0.3) is 0 Å². The summed E-state index contributed by atoms with van der Waals surface area (Å²) >= 11 is 0. The Morgan fingerprint density at radius 1 is 0.600 bits per heavy atom. The molecule has 0 spiro atoms. The molecule has 350 valence electrons. The van der Waals surface area contributed by atoms with Crippen molar-refractivity contribution >= 4 is 19.8 Å². The Labute approximate surface area is 366 Å². The van der Waals surface area contributed by atoms with Gasteiger partial charge in [-0.15, -0.1) is 0 Å². The molecule has 0 bridgehead atoms. The van der Waals surface area contributed by atoms with Crippen LogP contribution in [0.4, 0.5) is 0 Å². The third-order valence-electron chi connectivity index (χ3n) is 10.1. The van der Waals surface area contributed by atoms with E-state index in [9.17, 15) is 29.3 Å². The third kappa shape index (κ3) is 42.6. The molecule has 0 radical (unpaired) electrons. The Kier molecular flexibility index (Phi) is 38.3. The highest BCUT2D eigenvalue weighted by molar-refractivity contribution is 7.47. The fourth-order valence-corrected chi connectivity index (χ4v) is 7.01. The number of phosphoric ester groups is 1. The second-order valence-corrected chi connectivity index (χ2v) is 18.7. The van der Waals surface area contributed by atoms with E-state index in [0.29, 0.717) is 36.7 Å². The molecule has 0 heterocycles. The van der Waals surface area contributed by atoms with Crippen molar-refractivity contribution in [2.24, 2.45) is 0 Å². The van der Waals surface area contributed by atoms with Gasteiger partial charge in [-0.2, -0.15) is 0 Å². The van der Waals surface area contributed by atoms with Crippen molar-refractivity contribution in [2.45, 2.75) is 199 Å². The summed E-state index contributed by atoms with van der Waals surface area (Å²) in [6, 6.07) is 0. The first-order chi connectivity index (χ1) is 28.8. The van der Waals surface area contributed by atoms with Crippen molar-refractivity contribution in [1.82, 2.24) is 0 Å². The number of hydrogen-bond acceptors (Lipinski definition) is 9. The lowest BCUT2D eigenvalue weighted by molar-refractivity contribution is -0.870. The van der Waals surface area contributed by atoms with Gasteiger partial charge in [0.15, 0.2) is 6.10 Å². The molecular weight excluding hydrogens is 781 g/mol. The SMILES string of the molecule is CCCCC/C=C\C[C@@H](O)/C=C/C=C/C=C\[C@@H](O)CCCC(=O)OC[C@H](COP(=O)(O)OCC[N+](C)(C)C)OC(=O)CCCCCCCCCCCCCCCCCCC. The van der Waals surface area contributed by atoms with Gasteiger partial charge in [0.1, 0.15) is 19.8 Å². The van der Waals surface area contributed by atoms with Crippen LogP contribution >= 0.6 is 7.82 Å². The summed E-state index contributed by atoms with van der Waals surface area (Å²) in [7, 11) is 1.34. The molecule has 60 heavy (non-hydrogen) atoms. The summed E-state index contributed by atoms with van der Waals surface area (Å²) in [4.78, 5) is 35.4. The minimum Gasteiger partial charge on any atom is -0.462 e. The number of unbranched alkanes of at least 4 members (excludes halogenated alkanes) is 19. The van der Waals surface area contributed by atoms with E-state index in [1.807, 2.05) is 27.2 Å². The number of quaternary nitrogens is 1. The normalized spacial score (nSPS) is 15.0. The van der Waals surface area contributed by atoms with Crippen molar-refractivity contribution in [1.29, 1.82) is 0 Å². The molecular formula is C48H89NO10P+. The predicted octanol–water partition coefficient (Wildman–Crippen LogP) is 11.4. The zero-order valence-corrected chi connectivity index (χ0v) is 39.6. The van der Waals surface area contributed by atoms with E-state index in [0.717, 1.165) is 25.7 Å². The number of nitrogens with zero attached hydrogens (tertiary/aromatic N) is 1. The number of carbonyl (C=O) groups excluding carboxylic acids is 2. The third-order valence-corrected chi connectivity index (χ3v) is 11.0. The average molecular weight is 871 g/mol. The van der Waals surface area contributed by atoms with E-state index >= 15 is 0 Å². The quantitative estimate of drug-likeness (QED) is 0.0135. The maximum atomic E-state index is 12.7. The first kappa shape index (κ1) is 57.9. The van der Waals surface area contributed by atoms with Gasteiger partial charge >= 0.3 is 19.8 Å². The first-order valence-electron chi connectivity index (χ1n) is 23.6. The molecule has 0 saturated carbocycles. The first-order valence-corrected chi connectivity index (χ1v) is 25.1. The largest absolute Gasteiger partial charge is 0.472 e. The van der Waals surface area contributed by atoms with Gasteiger partial charge in [-0.25, -0.2) is 4.57 Å². The van der Waals surface area contributed by atoms with Crippen molar-refractivity contribution < 1.29 is 52.3 Å². The minimum atomic E-state index is -4.44. The van der Waals surface area contributed by atoms with Crippen LogP contribution in [0.5, 0.6) is 0 Å². The molecule has 12 heteroatoms. The van der Waals surface area contributed by atoms with E-state index in [1.165, 1.54) is 103 Å². The number of ether oxygens (including phenoxy) is 2. The maximum absolute atomic E-state index is 12.7. The molecule has 0 fully saturated rings. The second kappa shape index (κ2) is 39.7. The number of rotatable bonds is 42. The van der Waals surface area contributed by atoms with Crippen molar-refractivity contribution in [2.75, 3.05) is 47.5 Å². The van der Waals surface area contributed by atoms with E-state index in [4.69, 9.17) is 18.5 Å². The van der Waals surface area contributed by atoms with E-state index in [-0.39, 0.29) is 26.1 Å². The lowest BCUT2D eigenvalue weighted by atomic mass is 10.0. The number of hydrogen-bond donors (Lipinski definition) is 3. The molecule has 0 aliphatic carbocycles. The van der Waals surface area contributed by atoms with Gasteiger partial charge in [-0.05, 0) is 38.5 Å². The van der Waals surface area contributed by atoms with Gasteiger partial charge in [0.05, 0.1) is 40.0 Å². The topological polar surface area (TPSA) is 149 Å². The number of phosphoric acid groups is 1. The molecule has 0 amide bonds. The number of aliphatic hydroxyl groups is 2. The molecule has 0 aromatic heterocycles. The molecule has 0 rings (SSSR count). The molecule has 0 saturated heterocycles. The summed E-state index contributed by atoms with van der Waals surface area (Å²) in [5.74, 6) is -1.04. The summed E-state index contributed by atoms with van der Waals surface area (Å²) in [6.45, 7) is 4.09. The smallest absolute Gasteiger partial charge is 0.462 e. The summed E-state index contributed by atoms with van der Waals surface area (Å²) in [5.41, 5.74) is 0. The predicted molar refractivity (Wildman–Crippen MR) is 245 cm³/mol. The van der Waals surface area contributed by atoms with Crippen LogP contribution in [0.15, 0.2) is 48.6 Å². The van der Waals surface area contributed by atoms with Crippen LogP contribution in [-0.2, 0) is 32.7 Å². The maximum Gasteiger partial charge on any atom is 0.472 e. The summed E-state index contributed by atoms with van der Waals surface area (Å²) in [5, 5.41) is 20.3. The zero-order valence-electron chi connectivity index (χ0n) is 38.7. The highest BCUT2D eigenvalue weighted by atomic mass is 31.2. The zero-order chi connectivity index (χ0) is 44.6. The molecule has 3 N–H and O–H groups in total. The van der Waals surface area contributed by atoms with Crippen LogP contribution in [0.1, 0.15) is 181 Å². The molecule has 11 nitrogen and oxygen atoms in total. The molecule has 0 aliphatic heterocycles. The fourth-order valence-electron chi connectivity index (χ4n) is 6.27. The van der Waals surface area contributed by atoms with Gasteiger partial charge in [0.2, 0.25) is 0 Å². The standard InChI is InChI=1S/C48H88NO10P/c1-6-8-10-12-14-15-16-17-18-19-20-21-22-23-24-26-32-38-48(53)59-46(43-58-60(54,55)57-41-40-49(3,4)5)42-56-47(52)39-33-37-45(51)36-31-28-27-30-35-44(50)34-29-25-13-11-9-7-2/h25,27-31,35-36,44-46,50-51H,6-24,26,32-34,37-43H2,1-5H3/p+1/b28-27+,29-25-,35-30+,36-31-/t44-,45-,46-/m1/s1. The molecule has 0 aromatic rings. The van der Waals surface area contributed by atoms with Gasteiger partial charge in [0, 0.05) is 12.8 Å². The van der Waals surface area contributed by atoms with Crippen LogP contribution in [-0.4, -0.2) is 97.3 Å². The van der Waals surface area contributed by atoms with Gasteiger partial charge in [0.25, 0.3) is 0 Å². The lowest BCUT2D eigenvalue weighted by Gasteiger charge is -2.24. The summed E-state index contributed by atoms with van der Waals surface area (Å²) in [6.07, 6.45) is 39.3. The lowest BCUT2D eigenvalue weighted by Crippen LogP contribution is -2.37. The Morgan fingerprint density at radius 2 is 1.10 bits per heavy atom. The van der Waals surface area contributed by atoms with Gasteiger partial charge < -0.3 is 29.1 Å². The van der Waals surface area contributed by atoms with Crippen molar-refractivity contribution in [3.8, 4) is 0 Å². The number of aliphatic hydroxyl groups excluding tert-OH is 2. The number of likely N-dealkylation sites (N-methyl/N-ethyl adjacent to an activating group) is 1. The van der Waals surface area contributed by atoms with Gasteiger partial charge in [-0.1, -0.05) is 178 Å². The van der Waals surface area contributed by atoms with Crippen molar-refractivity contribution in [3.63, 3.8) is 0 Å². The Balaban J connectivity index is 4.55. The Hall–Kier alpha value is -2.11. The van der Waals surface area contributed by atoms with Crippen LogP contribution in [0.3, 0.4) is 0 Å². The molecule has 0 aromatic carbocycles. The molecule has 0 aliphatic rings. The monoisotopic (exact) mass is 871 g/mol. The van der Waals surface area contributed by atoms with Crippen LogP contribution in [0.2, 0.25) is 0 Å². The second-order valence-electron chi connectivity index (χ2n) is 17.2.